The lowest BCUT2D eigenvalue weighted by atomic mass is 9.78. The summed E-state index contributed by atoms with van der Waals surface area (Å²) in [5.41, 5.74) is 0.838. The number of aliphatic hydroxyl groups excluding tert-OH is 1. The van der Waals surface area contributed by atoms with Crippen LogP contribution in [-0.2, 0) is 0 Å². The Morgan fingerprint density at radius 3 is 2.47 bits per heavy atom. The summed E-state index contributed by atoms with van der Waals surface area (Å²) in [5.74, 6) is 1.75. The van der Waals surface area contributed by atoms with Gasteiger partial charge >= 0.3 is 0 Å². The maximum Gasteiger partial charge on any atom is 0.142 e. The lowest BCUT2D eigenvalue weighted by Gasteiger charge is -2.31. The maximum absolute atomic E-state index is 10.3. The van der Waals surface area contributed by atoms with Gasteiger partial charge in [0.2, 0.25) is 0 Å². The molecule has 0 saturated heterocycles. The molecule has 0 heterocycles. The number of hydrogen-bond acceptors (Lipinski definition) is 3. The minimum absolute atomic E-state index is 0.365. The normalized spacial score (nSPS) is 17.4. The number of rotatable bonds is 4. The Morgan fingerprint density at radius 1 is 1.29 bits per heavy atom. The first-order chi connectivity index (χ1) is 8.19. The Hall–Kier alpha value is -0.740. The average molecular weight is 301 g/mol. The summed E-state index contributed by atoms with van der Waals surface area (Å²) in [6.07, 6.45) is 2.95. The van der Waals surface area contributed by atoms with Crippen molar-refractivity contribution in [3.63, 3.8) is 0 Å². The average Bonchev–Trinajstić information content (AvgIpc) is 2.26. The zero-order valence-electron chi connectivity index (χ0n) is 10.1. The fourth-order valence-electron chi connectivity index (χ4n) is 2.16. The van der Waals surface area contributed by atoms with E-state index in [9.17, 15) is 5.11 Å². The largest absolute Gasteiger partial charge is 0.495 e. The number of ether oxygens (including phenoxy) is 2. The SMILES string of the molecule is COc1ccc(C(O)C2CCC2)c(OC)c1Br. The van der Waals surface area contributed by atoms with Crippen LogP contribution >= 0.6 is 15.9 Å². The zero-order chi connectivity index (χ0) is 12.4. The van der Waals surface area contributed by atoms with Crippen LogP contribution in [-0.4, -0.2) is 19.3 Å². The fraction of sp³-hybridized carbons (Fsp3) is 0.538. The van der Waals surface area contributed by atoms with Crippen molar-refractivity contribution in [3.8, 4) is 11.5 Å². The summed E-state index contributed by atoms with van der Waals surface area (Å²) in [5, 5.41) is 10.3. The van der Waals surface area contributed by atoms with Gasteiger partial charge in [-0.1, -0.05) is 6.42 Å². The molecule has 1 aliphatic rings. The monoisotopic (exact) mass is 300 g/mol. The van der Waals surface area contributed by atoms with E-state index < -0.39 is 6.10 Å². The molecule has 1 fully saturated rings. The maximum atomic E-state index is 10.3. The van der Waals surface area contributed by atoms with Crippen LogP contribution in [0.2, 0.25) is 0 Å². The number of methoxy groups -OCH3 is 2. The van der Waals surface area contributed by atoms with Gasteiger partial charge in [-0.25, -0.2) is 0 Å². The third-order valence-corrected chi connectivity index (χ3v) is 4.18. The van der Waals surface area contributed by atoms with E-state index in [4.69, 9.17) is 9.47 Å². The van der Waals surface area contributed by atoms with Crippen LogP contribution in [0, 0.1) is 5.92 Å². The highest BCUT2D eigenvalue weighted by molar-refractivity contribution is 9.10. The minimum Gasteiger partial charge on any atom is -0.495 e. The summed E-state index contributed by atoms with van der Waals surface area (Å²) in [4.78, 5) is 0. The van der Waals surface area contributed by atoms with Gasteiger partial charge in [0.15, 0.2) is 0 Å². The molecule has 1 N–H and O–H groups in total. The van der Waals surface area contributed by atoms with Crippen LogP contribution in [0.3, 0.4) is 0 Å². The van der Waals surface area contributed by atoms with Crippen LogP contribution in [0.1, 0.15) is 30.9 Å². The van der Waals surface area contributed by atoms with Crippen molar-refractivity contribution in [3.05, 3.63) is 22.2 Å². The Labute approximate surface area is 110 Å². The highest BCUT2D eigenvalue weighted by atomic mass is 79.9. The van der Waals surface area contributed by atoms with Gasteiger partial charge in [0, 0.05) is 5.56 Å². The topological polar surface area (TPSA) is 38.7 Å². The summed E-state index contributed by atoms with van der Waals surface area (Å²) >= 11 is 3.45. The van der Waals surface area contributed by atoms with E-state index in [-0.39, 0.29) is 0 Å². The second-order valence-corrected chi connectivity index (χ2v) is 5.13. The van der Waals surface area contributed by atoms with E-state index >= 15 is 0 Å². The summed E-state index contributed by atoms with van der Waals surface area (Å²) in [6.45, 7) is 0. The first-order valence-electron chi connectivity index (χ1n) is 5.77. The zero-order valence-corrected chi connectivity index (χ0v) is 11.7. The van der Waals surface area contributed by atoms with Crippen LogP contribution in [0.15, 0.2) is 16.6 Å². The highest BCUT2D eigenvalue weighted by Gasteiger charge is 2.29. The molecule has 1 aromatic rings. The molecule has 17 heavy (non-hydrogen) atoms. The molecule has 0 bridgehead atoms. The quantitative estimate of drug-likeness (QED) is 0.927. The van der Waals surface area contributed by atoms with E-state index in [1.165, 1.54) is 6.42 Å². The van der Waals surface area contributed by atoms with Crippen molar-refractivity contribution >= 4 is 15.9 Å². The lowest BCUT2D eigenvalue weighted by molar-refractivity contribution is 0.0599. The van der Waals surface area contributed by atoms with Crippen LogP contribution < -0.4 is 9.47 Å². The van der Waals surface area contributed by atoms with E-state index in [0.29, 0.717) is 17.4 Å². The molecule has 0 spiro atoms. The third kappa shape index (κ3) is 2.29. The van der Waals surface area contributed by atoms with Gasteiger partial charge in [-0.2, -0.15) is 0 Å². The Morgan fingerprint density at radius 2 is 2.00 bits per heavy atom. The Kier molecular flexibility index (Phi) is 3.94. The van der Waals surface area contributed by atoms with Gasteiger partial charge in [0.25, 0.3) is 0 Å². The first-order valence-corrected chi connectivity index (χ1v) is 6.56. The van der Waals surface area contributed by atoms with Crippen molar-refractivity contribution in [1.29, 1.82) is 0 Å². The molecule has 0 radical (unpaired) electrons. The molecule has 1 atom stereocenters. The smallest absolute Gasteiger partial charge is 0.142 e. The first kappa shape index (κ1) is 12.7. The fourth-order valence-corrected chi connectivity index (χ4v) is 2.85. The van der Waals surface area contributed by atoms with E-state index in [1.807, 2.05) is 12.1 Å². The van der Waals surface area contributed by atoms with Crippen LogP contribution in [0.25, 0.3) is 0 Å². The van der Waals surface area contributed by atoms with Gasteiger partial charge < -0.3 is 14.6 Å². The molecule has 94 valence electrons. The summed E-state index contributed by atoms with van der Waals surface area (Å²) in [7, 11) is 3.22. The molecular formula is C13H17BrO3. The standard InChI is InChI=1S/C13H17BrO3/c1-16-10-7-6-9(13(17-2)11(10)14)12(15)8-4-3-5-8/h6-8,12,15H,3-5H2,1-2H3. The van der Waals surface area contributed by atoms with Crippen LogP contribution in [0.4, 0.5) is 0 Å². The number of halogens is 1. The summed E-state index contributed by atoms with van der Waals surface area (Å²) in [6, 6.07) is 3.73. The molecule has 1 aromatic carbocycles. The number of aliphatic hydroxyl groups is 1. The molecule has 3 nitrogen and oxygen atoms in total. The lowest BCUT2D eigenvalue weighted by Crippen LogP contribution is -2.20. The molecule has 0 amide bonds. The minimum atomic E-state index is -0.444. The molecule has 1 saturated carbocycles. The Balaban J connectivity index is 2.35. The molecule has 4 heteroatoms. The number of hydrogen-bond donors (Lipinski definition) is 1. The van der Waals surface area contributed by atoms with Crippen molar-refractivity contribution in [2.75, 3.05) is 14.2 Å². The highest BCUT2D eigenvalue weighted by Crippen LogP contribution is 2.45. The van der Waals surface area contributed by atoms with Crippen LogP contribution in [0.5, 0.6) is 11.5 Å². The van der Waals surface area contributed by atoms with E-state index in [2.05, 4.69) is 15.9 Å². The molecule has 0 aromatic heterocycles. The van der Waals surface area contributed by atoms with Crippen molar-refractivity contribution in [2.24, 2.45) is 5.92 Å². The van der Waals surface area contributed by atoms with E-state index in [1.54, 1.807) is 14.2 Å². The van der Waals surface area contributed by atoms with Crippen molar-refractivity contribution in [1.82, 2.24) is 0 Å². The number of benzene rings is 1. The van der Waals surface area contributed by atoms with Gasteiger partial charge in [-0.15, -0.1) is 0 Å². The van der Waals surface area contributed by atoms with Gasteiger partial charge in [-0.05, 0) is 46.8 Å². The third-order valence-electron chi connectivity index (χ3n) is 3.43. The predicted octanol–water partition coefficient (Wildman–Crippen LogP) is 3.30. The molecule has 2 rings (SSSR count). The van der Waals surface area contributed by atoms with Gasteiger partial charge in [0.05, 0.1) is 20.3 Å². The molecule has 0 aliphatic heterocycles. The predicted molar refractivity (Wildman–Crippen MR) is 69.5 cm³/mol. The molecule has 1 unspecified atom stereocenters. The second kappa shape index (κ2) is 5.27. The van der Waals surface area contributed by atoms with Gasteiger partial charge in [-0.3, -0.25) is 0 Å². The summed E-state index contributed by atoms with van der Waals surface area (Å²) < 4.78 is 11.3. The second-order valence-electron chi connectivity index (χ2n) is 4.34. The van der Waals surface area contributed by atoms with Crippen molar-refractivity contribution in [2.45, 2.75) is 25.4 Å². The van der Waals surface area contributed by atoms with Crippen molar-refractivity contribution < 1.29 is 14.6 Å². The van der Waals surface area contributed by atoms with E-state index in [0.717, 1.165) is 22.9 Å². The Bertz CT molecular complexity index is 402. The molecular weight excluding hydrogens is 284 g/mol. The van der Waals surface area contributed by atoms with Gasteiger partial charge in [0.1, 0.15) is 16.0 Å². The molecule has 1 aliphatic carbocycles.